The average Bonchev–Trinajstić information content (AvgIpc) is 2.55. The van der Waals surface area contributed by atoms with E-state index in [2.05, 4.69) is 5.32 Å². The largest absolute Gasteiger partial charge is 0.491 e. The summed E-state index contributed by atoms with van der Waals surface area (Å²) in [5, 5.41) is 13.4. The number of benzene rings is 2. The lowest BCUT2D eigenvalue weighted by atomic mass is 10.2. The van der Waals surface area contributed by atoms with Crippen molar-refractivity contribution >= 4 is 17.3 Å². The summed E-state index contributed by atoms with van der Waals surface area (Å²) in [6.07, 6.45) is 1.01. The zero-order chi connectivity index (χ0) is 16.8. The van der Waals surface area contributed by atoms with Crippen LogP contribution in [0.3, 0.4) is 0 Å². The van der Waals surface area contributed by atoms with Crippen LogP contribution in [0.4, 0.5) is 11.4 Å². The fraction of sp³-hybridized carbons (Fsp3) is 0.235. The number of amides is 1. The quantitative estimate of drug-likeness (QED) is 0.645. The Morgan fingerprint density at radius 2 is 1.96 bits per heavy atom. The van der Waals surface area contributed by atoms with Gasteiger partial charge >= 0.3 is 0 Å². The van der Waals surface area contributed by atoms with E-state index in [4.69, 9.17) is 4.74 Å². The molecule has 2 aromatic rings. The third-order valence-electron chi connectivity index (χ3n) is 3.34. The number of non-ortho nitro benzene ring substituents is 1. The Kier molecular flexibility index (Phi) is 5.30. The van der Waals surface area contributed by atoms with Gasteiger partial charge in [-0.05, 0) is 43.7 Å². The van der Waals surface area contributed by atoms with Crippen LogP contribution in [-0.4, -0.2) is 16.9 Å². The molecule has 0 aromatic heterocycles. The summed E-state index contributed by atoms with van der Waals surface area (Å²) in [6, 6.07) is 12.6. The summed E-state index contributed by atoms with van der Waals surface area (Å²) in [6.45, 7) is 4.01. The first-order valence-corrected chi connectivity index (χ1v) is 7.32. The van der Waals surface area contributed by atoms with Crippen molar-refractivity contribution < 1.29 is 14.5 Å². The number of nitro benzene ring substituents is 1. The maximum Gasteiger partial charge on any atom is 0.271 e. The van der Waals surface area contributed by atoms with Gasteiger partial charge in [0.05, 0.1) is 11.0 Å². The number of rotatable bonds is 6. The molecule has 1 amide bonds. The molecule has 0 radical (unpaired) electrons. The van der Waals surface area contributed by atoms with E-state index < -0.39 is 4.92 Å². The van der Waals surface area contributed by atoms with E-state index in [1.54, 1.807) is 30.3 Å². The minimum Gasteiger partial charge on any atom is -0.491 e. The third-order valence-corrected chi connectivity index (χ3v) is 3.34. The van der Waals surface area contributed by atoms with Crippen LogP contribution in [0.1, 0.15) is 30.6 Å². The standard InChI is InChI=1S/C17H18N2O4/c1-3-12(2)23-16-9-7-13(8-10-16)17(20)18-14-5-4-6-15(11-14)19(21)22/h4-12H,3H2,1-2H3,(H,18,20). The highest BCUT2D eigenvalue weighted by molar-refractivity contribution is 6.04. The van der Waals surface area contributed by atoms with Crippen molar-refractivity contribution in [1.29, 1.82) is 0 Å². The van der Waals surface area contributed by atoms with Crippen molar-refractivity contribution in [2.24, 2.45) is 0 Å². The predicted molar refractivity (Wildman–Crippen MR) is 87.9 cm³/mol. The van der Waals surface area contributed by atoms with E-state index in [-0.39, 0.29) is 17.7 Å². The van der Waals surface area contributed by atoms with E-state index in [1.807, 2.05) is 13.8 Å². The fourth-order valence-corrected chi connectivity index (χ4v) is 1.90. The first kappa shape index (κ1) is 16.5. The normalized spacial score (nSPS) is 11.6. The summed E-state index contributed by atoms with van der Waals surface area (Å²) in [4.78, 5) is 22.4. The molecule has 1 unspecified atom stereocenters. The van der Waals surface area contributed by atoms with Gasteiger partial charge in [0.15, 0.2) is 0 Å². The van der Waals surface area contributed by atoms with E-state index in [0.29, 0.717) is 17.0 Å². The lowest BCUT2D eigenvalue weighted by Crippen LogP contribution is -2.12. The first-order valence-electron chi connectivity index (χ1n) is 7.32. The molecule has 0 saturated carbocycles. The van der Waals surface area contributed by atoms with E-state index in [0.717, 1.165) is 6.42 Å². The Morgan fingerprint density at radius 3 is 2.57 bits per heavy atom. The van der Waals surface area contributed by atoms with Crippen LogP contribution in [-0.2, 0) is 0 Å². The molecule has 6 heteroatoms. The number of nitrogens with zero attached hydrogens (tertiary/aromatic N) is 1. The Bertz CT molecular complexity index is 698. The number of carbonyl (C=O) groups excluding carboxylic acids is 1. The Balaban J connectivity index is 2.06. The van der Waals surface area contributed by atoms with Crippen molar-refractivity contribution in [3.05, 3.63) is 64.2 Å². The molecule has 0 aliphatic rings. The monoisotopic (exact) mass is 314 g/mol. The molecule has 1 atom stereocenters. The second kappa shape index (κ2) is 7.40. The highest BCUT2D eigenvalue weighted by atomic mass is 16.6. The number of nitrogens with one attached hydrogen (secondary N) is 1. The Labute approximate surface area is 134 Å². The summed E-state index contributed by atoms with van der Waals surface area (Å²) in [5.41, 5.74) is 0.761. The number of carbonyl (C=O) groups is 1. The highest BCUT2D eigenvalue weighted by Gasteiger charge is 2.10. The minimum atomic E-state index is -0.503. The molecule has 6 nitrogen and oxygen atoms in total. The van der Waals surface area contributed by atoms with Crippen LogP contribution in [0.25, 0.3) is 0 Å². The van der Waals surface area contributed by atoms with Crippen molar-refractivity contribution in [3.63, 3.8) is 0 Å². The first-order chi connectivity index (χ1) is 11.0. The number of hydrogen-bond donors (Lipinski definition) is 1. The van der Waals surface area contributed by atoms with Gasteiger partial charge in [0.1, 0.15) is 5.75 Å². The molecule has 0 saturated heterocycles. The molecule has 2 aromatic carbocycles. The number of hydrogen-bond acceptors (Lipinski definition) is 4. The molecule has 0 fully saturated rings. The van der Waals surface area contributed by atoms with Crippen LogP contribution >= 0.6 is 0 Å². The molecule has 0 heterocycles. The molecular weight excluding hydrogens is 296 g/mol. The van der Waals surface area contributed by atoms with Crippen LogP contribution in [0.15, 0.2) is 48.5 Å². The van der Waals surface area contributed by atoms with Crippen LogP contribution in [0, 0.1) is 10.1 Å². The zero-order valence-corrected chi connectivity index (χ0v) is 13.0. The van der Waals surface area contributed by atoms with Gasteiger partial charge < -0.3 is 10.1 Å². The minimum absolute atomic E-state index is 0.0694. The molecule has 120 valence electrons. The van der Waals surface area contributed by atoms with Gasteiger partial charge in [-0.3, -0.25) is 14.9 Å². The van der Waals surface area contributed by atoms with Crippen LogP contribution < -0.4 is 10.1 Å². The van der Waals surface area contributed by atoms with Gasteiger partial charge in [-0.1, -0.05) is 13.0 Å². The fourth-order valence-electron chi connectivity index (χ4n) is 1.90. The SMILES string of the molecule is CCC(C)Oc1ccc(C(=O)Nc2cccc([N+](=O)[O-])c2)cc1. The molecule has 1 N–H and O–H groups in total. The number of nitro groups is 1. The van der Waals surface area contributed by atoms with Crippen molar-refractivity contribution in [2.45, 2.75) is 26.4 Å². The number of ether oxygens (including phenoxy) is 1. The molecule has 2 rings (SSSR count). The Hall–Kier alpha value is -2.89. The molecule has 0 aliphatic carbocycles. The lowest BCUT2D eigenvalue weighted by molar-refractivity contribution is -0.384. The maximum absolute atomic E-state index is 12.2. The molecule has 0 aliphatic heterocycles. The van der Waals surface area contributed by atoms with Gasteiger partial charge in [0.25, 0.3) is 11.6 Å². The second-order valence-corrected chi connectivity index (χ2v) is 5.12. The van der Waals surface area contributed by atoms with Gasteiger partial charge in [-0.25, -0.2) is 0 Å². The van der Waals surface area contributed by atoms with Crippen LogP contribution in [0.2, 0.25) is 0 Å². The van der Waals surface area contributed by atoms with Gasteiger partial charge in [0.2, 0.25) is 0 Å². The molecular formula is C17H18N2O4. The molecule has 0 spiro atoms. The van der Waals surface area contributed by atoms with Crippen molar-refractivity contribution in [1.82, 2.24) is 0 Å². The maximum atomic E-state index is 12.2. The molecule has 23 heavy (non-hydrogen) atoms. The highest BCUT2D eigenvalue weighted by Crippen LogP contribution is 2.19. The summed E-state index contributed by atoms with van der Waals surface area (Å²) in [7, 11) is 0. The summed E-state index contributed by atoms with van der Waals surface area (Å²) in [5.74, 6) is 0.367. The lowest BCUT2D eigenvalue weighted by Gasteiger charge is -2.12. The summed E-state index contributed by atoms with van der Waals surface area (Å²) >= 11 is 0. The average molecular weight is 314 g/mol. The van der Waals surface area contributed by atoms with E-state index in [1.165, 1.54) is 18.2 Å². The van der Waals surface area contributed by atoms with E-state index in [9.17, 15) is 14.9 Å². The van der Waals surface area contributed by atoms with Crippen LogP contribution in [0.5, 0.6) is 5.75 Å². The topological polar surface area (TPSA) is 81.5 Å². The molecule has 0 bridgehead atoms. The predicted octanol–water partition coefficient (Wildman–Crippen LogP) is 4.02. The third kappa shape index (κ3) is 4.54. The van der Waals surface area contributed by atoms with Gasteiger partial charge in [-0.15, -0.1) is 0 Å². The second-order valence-electron chi connectivity index (χ2n) is 5.12. The van der Waals surface area contributed by atoms with E-state index >= 15 is 0 Å². The van der Waals surface area contributed by atoms with Crippen molar-refractivity contribution in [2.75, 3.05) is 5.32 Å². The zero-order valence-electron chi connectivity index (χ0n) is 13.0. The van der Waals surface area contributed by atoms with Crippen molar-refractivity contribution in [3.8, 4) is 5.75 Å². The summed E-state index contributed by atoms with van der Waals surface area (Å²) < 4.78 is 5.65. The number of anilines is 1. The smallest absolute Gasteiger partial charge is 0.271 e. The van der Waals surface area contributed by atoms with Gasteiger partial charge in [-0.2, -0.15) is 0 Å². The Morgan fingerprint density at radius 1 is 1.26 bits per heavy atom. The van der Waals surface area contributed by atoms with Gasteiger partial charge in [0, 0.05) is 23.4 Å².